The Morgan fingerprint density at radius 1 is 1.20 bits per heavy atom. The van der Waals surface area contributed by atoms with Gasteiger partial charge >= 0.3 is 6.61 Å². The van der Waals surface area contributed by atoms with Gasteiger partial charge in [0.05, 0.1) is 23.7 Å². The molecular weight excluding hydrogens is 406 g/mol. The van der Waals surface area contributed by atoms with E-state index in [2.05, 4.69) is 10.1 Å². The Morgan fingerprint density at radius 2 is 1.93 bits per heavy atom. The lowest BCUT2D eigenvalue weighted by Gasteiger charge is -2.18. The molecule has 0 bridgehead atoms. The molecule has 0 fully saturated rings. The van der Waals surface area contributed by atoms with Crippen LogP contribution in [0.4, 0.5) is 20.2 Å². The third kappa shape index (κ3) is 4.93. The number of rotatable bonds is 7. The summed E-state index contributed by atoms with van der Waals surface area (Å²) in [5.41, 5.74) is -0.132. The average Bonchev–Trinajstić information content (AvgIpc) is 2.71. The molecular formula is C19H16F2N2O7. The van der Waals surface area contributed by atoms with Crippen molar-refractivity contribution in [3.63, 3.8) is 0 Å². The summed E-state index contributed by atoms with van der Waals surface area (Å²) in [5.74, 6) is -0.167. The van der Waals surface area contributed by atoms with Gasteiger partial charge < -0.3 is 24.3 Å². The van der Waals surface area contributed by atoms with Gasteiger partial charge in [-0.1, -0.05) is 0 Å². The number of anilines is 1. The fourth-order valence-electron chi connectivity index (χ4n) is 2.67. The van der Waals surface area contributed by atoms with Crippen LogP contribution in [-0.2, 0) is 4.79 Å². The number of fused-ring (bicyclic) bond motifs is 1. The number of nitrogens with zero attached hydrogens (tertiary/aromatic N) is 1. The Bertz CT molecular complexity index is 995. The smallest absolute Gasteiger partial charge is 0.387 e. The molecule has 0 atom stereocenters. The van der Waals surface area contributed by atoms with Gasteiger partial charge in [-0.25, -0.2) is 0 Å². The van der Waals surface area contributed by atoms with Crippen molar-refractivity contribution >= 4 is 23.4 Å². The van der Waals surface area contributed by atoms with Gasteiger partial charge in [-0.2, -0.15) is 8.78 Å². The normalized spacial score (nSPS) is 12.7. The van der Waals surface area contributed by atoms with Crippen molar-refractivity contribution < 1.29 is 37.4 Å². The number of methoxy groups -OCH3 is 1. The molecule has 158 valence electrons. The van der Waals surface area contributed by atoms with Crippen LogP contribution >= 0.6 is 0 Å². The lowest BCUT2D eigenvalue weighted by atomic mass is 10.1. The van der Waals surface area contributed by atoms with E-state index >= 15 is 0 Å². The van der Waals surface area contributed by atoms with Crippen molar-refractivity contribution in [1.29, 1.82) is 0 Å². The maximum absolute atomic E-state index is 12.5. The molecule has 1 N–H and O–H groups in total. The summed E-state index contributed by atoms with van der Waals surface area (Å²) < 4.78 is 45.0. The third-order valence-corrected chi connectivity index (χ3v) is 3.95. The molecule has 1 heterocycles. The highest BCUT2D eigenvalue weighted by molar-refractivity contribution is 6.02. The number of hydrogen-bond acceptors (Lipinski definition) is 7. The average molecular weight is 422 g/mol. The molecule has 0 aliphatic carbocycles. The predicted molar refractivity (Wildman–Crippen MR) is 101 cm³/mol. The number of carbonyl (C=O) groups is 1. The van der Waals surface area contributed by atoms with Gasteiger partial charge in [0.15, 0.2) is 23.0 Å². The number of amides is 1. The number of ether oxygens (including phenoxy) is 4. The van der Waals surface area contributed by atoms with E-state index in [1.165, 1.54) is 13.2 Å². The third-order valence-electron chi connectivity index (χ3n) is 3.95. The molecule has 0 radical (unpaired) electrons. The summed E-state index contributed by atoms with van der Waals surface area (Å²) in [6.45, 7) is -2.36. The Labute approximate surface area is 168 Å². The van der Waals surface area contributed by atoms with E-state index in [4.69, 9.17) is 14.2 Å². The number of nitrogens with one attached hydrogen (secondary N) is 1. The molecule has 9 nitrogen and oxygen atoms in total. The summed E-state index contributed by atoms with van der Waals surface area (Å²) in [5, 5.41) is 13.9. The summed E-state index contributed by atoms with van der Waals surface area (Å²) in [6.07, 6.45) is 2.23. The monoisotopic (exact) mass is 422 g/mol. The summed E-state index contributed by atoms with van der Waals surface area (Å²) >= 11 is 0. The van der Waals surface area contributed by atoms with E-state index in [1.807, 2.05) is 0 Å². The predicted octanol–water partition coefficient (Wildman–Crippen LogP) is 3.63. The second-order valence-electron chi connectivity index (χ2n) is 5.88. The number of alkyl halides is 2. The Kier molecular flexibility index (Phi) is 6.30. The minimum absolute atomic E-state index is 0.0317. The number of nitro groups is 1. The zero-order valence-electron chi connectivity index (χ0n) is 15.6. The van der Waals surface area contributed by atoms with Gasteiger partial charge in [0.1, 0.15) is 13.2 Å². The molecule has 2 aromatic carbocycles. The molecule has 11 heteroatoms. The molecule has 3 rings (SSSR count). The lowest BCUT2D eigenvalue weighted by Crippen LogP contribution is -2.16. The molecule has 0 saturated heterocycles. The van der Waals surface area contributed by atoms with Gasteiger partial charge in [-0.15, -0.1) is 0 Å². The van der Waals surface area contributed by atoms with Crippen LogP contribution in [0.2, 0.25) is 0 Å². The fourth-order valence-corrected chi connectivity index (χ4v) is 2.67. The molecule has 2 aromatic rings. The molecule has 1 amide bonds. The molecule has 1 aliphatic rings. The minimum atomic E-state index is -3.18. The second kappa shape index (κ2) is 9.07. The largest absolute Gasteiger partial charge is 0.493 e. The Balaban J connectivity index is 1.80. The van der Waals surface area contributed by atoms with Crippen molar-refractivity contribution in [2.45, 2.75) is 6.61 Å². The van der Waals surface area contributed by atoms with E-state index < -0.39 is 28.9 Å². The standard InChI is InChI=1S/C19H16F2N2O7/c1-27-15-8-11(13(23(25)26)10-17(15)30-19(20)21)2-5-18(24)22-12-3-4-14-16(9-12)29-7-6-28-14/h2-5,8-10,19H,6-7H2,1H3,(H,22,24)/b5-2+. The summed E-state index contributed by atoms with van der Waals surface area (Å²) in [7, 11) is 1.20. The first kappa shape index (κ1) is 20.8. The maximum Gasteiger partial charge on any atom is 0.387 e. The van der Waals surface area contributed by atoms with Crippen LogP contribution in [0.25, 0.3) is 6.08 Å². The SMILES string of the molecule is COc1cc(/C=C/C(=O)Nc2ccc3c(c2)OCCO3)c([N+](=O)[O-])cc1OC(F)F. The summed E-state index contributed by atoms with van der Waals surface area (Å²) in [6, 6.07) is 6.78. The Morgan fingerprint density at radius 3 is 2.60 bits per heavy atom. The first-order valence-corrected chi connectivity index (χ1v) is 8.57. The molecule has 30 heavy (non-hydrogen) atoms. The number of nitro benzene ring substituents is 1. The zero-order chi connectivity index (χ0) is 21.7. The quantitative estimate of drug-likeness (QED) is 0.412. The van der Waals surface area contributed by atoms with Gasteiger partial charge in [-0.05, 0) is 24.3 Å². The van der Waals surface area contributed by atoms with Crippen LogP contribution < -0.4 is 24.3 Å². The van der Waals surface area contributed by atoms with Crippen molar-refractivity contribution in [2.24, 2.45) is 0 Å². The molecule has 0 spiro atoms. The number of benzene rings is 2. The minimum Gasteiger partial charge on any atom is -0.493 e. The highest BCUT2D eigenvalue weighted by atomic mass is 19.3. The number of halogens is 2. The van der Waals surface area contributed by atoms with Gasteiger partial charge in [0, 0.05) is 17.8 Å². The zero-order valence-corrected chi connectivity index (χ0v) is 15.6. The van der Waals surface area contributed by atoms with Crippen LogP contribution in [0.3, 0.4) is 0 Å². The molecule has 0 saturated carbocycles. The van der Waals surface area contributed by atoms with Crippen LogP contribution in [0, 0.1) is 10.1 Å². The first-order valence-electron chi connectivity index (χ1n) is 8.57. The van der Waals surface area contributed by atoms with Crippen LogP contribution in [0.15, 0.2) is 36.4 Å². The highest BCUT2D eigenvalue weighted by Gasteiger charge is 2.20. The van der Waals surface area contributed by atoms with Crippen LogP contribution in [-0.4, -0.2) is 37.8 Å². The van der Waals surface area contributed by atoms with E-state index in [1.54, 1.807) is 18.2 Å². The van der Waals surface area contributed by atoms with Crippen LogP contribution in [0.5, 0.6) is 23.0 Å². The van der Waals surface area contributed by atoms with Crippen molar-refractivity contribution in [3.05, 3.63) is 52.1 Å². The number of hydrogen-bond donors (Lipinski definition) is 1. The van der Waals surface area contributed by atoms with Crippen molar-refractivity contribution in [3.8, 4) is 23.0 Å². The van der Waals surface area contributed by atoms with E-state index in [0.29, 0.717) is 30.4 Å². The summed E-state index contributed by atoms with van der Waals surface area (Å²) in [4.78, 5) is 22.7. The fraction of sp³-hybridized carbons (Fsp3) is 0.211. The topological polar surface area (TPSA) is 109 Å². The maximum atomic E-state index is 12.5. The second-order valence-corrected chi connectivity index (χ2v) is 5.88. The van der Waals surface area contributed by atoms with Gasteiger partial charge in [0.2, 0.25) is 5.91 Å². The van der Waals surface area contributed by atoms with E-state index in [-0.39, 0.29) is 11.3 Å². The lowest BCUT2D eigenvalue weighted by molar-refractivity contribution is -0.385. The molecule has 0 unspecified atom stereocenters. The van der Waals surface area contributed by atoms with E-state index in [0.717, 1.165) is 18.2 Å². The van der Waals surface area contributed by atoms with Crippen molar-refractivity contribution in [2.75, 3.05) is 25.6 Å². The molecule has 0 aromatic heterocycles. The Hall–Kier alpha value is -3.89. The first-order chi connectivity index (χ1) is 14.4. The highest BCUT2D eigenvalue weighted by Crippen LogP contribution is 2.36. The number of carbonyl (C=O) groups excluding carboxylic acids is 1. The van der Waals surface area contributed by atoms with Crippen LogP contribution in [0.1, 0.15) is 5.56 Å². The van der Waals surface area contributed by atoms with Crippen molar-refractivity contribution in [1.82, 2.24) is 0 Å². The van der Waals surface area contributed by atoms with Gasteiger partial charge in [-0.3, -0.25) is 14.9 Å². The van der Waals surface area contributed by atoms with Gasteiger partial charge in [0.25, 0.3) is 5.69 Å². The van der Waals surface area contributed by atoms with E-state index in [9.17, 15) is 23.7 Å². The molecule has 1 aliphatic heterocycles.